The third kappa shape index (κ3) is 4.00. The van der Waals surface area contributed by atoms with E-state index in [0.717, 1.165) is 5.56 Å². The topological polar surface area (TPSA) is 40.5 Å². The summed E-state index contributed by atoms with van der Waals surface area (Å²) in [6, 6.07) is 5.21. The summed E-state index contributed by atoms with van der Waals surface area (Å²) in [5.74, 6) is -0.0752. The minimum absolute atomic E-state index is 0.0752. The summed E-state index contributed by atoms with van der Waals surface area (Å²) in [6.45, 7) is 8.01. The van der Waals surface area contributed by atoms with E-state index >= 15 is 0 Å². The van der Waals surface area contributed by atoms with E-state index in [1.165, 1.54) is 0 Å². The Kier molecular flexibility index (Phi) is 4.77. The second kappa shape index (κ2) is 5.72. The number of rotatable bonds is 4. The van der Waals surface area contributed by atoms with Crippen LogP contribution in [0.5, 0.6) is 0 Å². The Labute approximate surface area is 113 Å². The molecule has 18 heavy (non-hydrogen) atoms. The lowest BCUT2D eigenvalue weighted by molar-refractivity contribution is 0.0314. The monoisotopic (exact) mass is 269 g/mol. The van der Waals surface area contributed by atoms with Gasteiger partial charge in [-0.25, -0.2) is 0 Å². The van der Waals surface area contributed by atoms with Crippen molar-refractivity contribution in [2.24, 2.45) is 0 Å². The first-order chi connectivity index (χ1) is 8.24. The van der Waals surface area contributed by atoms with Gasteiger partial charge in [0.25, 0.3) is 5.91 Å². The molecular weight excluding hydrogens is 250 g/mol. The van der Waals surface area contributed by atoms with Gasteiger partial charge in [0.1, 0.15) is 0 Å². The van der Waals surface area contributed by atoms with Gasteiger partial charge >= 0.3 is 0 Å². The van der Waals surface area contributed by atoms with E-state index in [9.17, 15) is 9.90 Å². The molecule has 4 heteroatoms. The van der Waals surface area contributed by atoms with Crippen LogP contribution in [0, 0.1) is 6.92 Å². The predicted octanol–water partition coefficient (Wildman–Crippen LogP) is 2.88. The molecule has 0 saturated heterocycles. The number of hydrogen-bond donors (Lipinski definition) is 1. The van der Waals surface area contributed by atoms with Gasteiger partial charge in [0.2, 0.25) is 0 Å². The Hall–Kier alpha value is -1.06. The zero-order valence-electron chi connectivity index (χ0n) is 11.3. The van der Waals surface area contributed by atoms with E-state index in [4.69, 9.17) is 11.6 Å². The van der Waals surface area contributed by atoms with E-state index < -0.39 is 5.60 Å². The molecule has 0 fully saturated rings. The molecule has 1 aromatic rings. The summed E-state index contributed by atoms with van der Waals surface area (Å²) in [5.41, 5.74) is 0.582. The normalized spacial score (nSPS) is 11.4. The van der Waals surface area contributed by atoms with Crippen molar-refractivity contribution in [3.63, 3.8) is 0 Å². The molecule has 0 aromatic heterocycles. The van der Waals surface area contributed by atoms with Crippen LogP contribution in [0.25, 0.3) is 0 Å². The third-order valence-corrected chi connectivity index (χ3v) is 2.90. The van der Waals surface area contributed by atoms with E-state index in [-0.39, 0.29) is 5.91 Å². The highest BCUT2D eigenvalue weighted by Gasteiger charge is 2.23. The van der Waals surface area contributed by atoms with Crippen LogP contribution in [0.1, 0.15) is 36.7 Å². The minimum atomic E-state index is -0.897. The van der Waals surface area contributed by atoms with Gasteiger partial charge < -0.3 is 10.0 Å². The molecule has 100 valence electrons. The van der Waals surface area contributed by atoms with E-state index in [0.29, 0.717) is 23.7 Å². The number of amides is 1. The largest absolute Gasteiger partial charge is 0.389 e. The summed E-state index contributed by atoms with van der Waals surface area (Å²) >= 11 is 5.88. The van der Waals surface area contributed by atoms with Crippen LogP contribution in [0.15, 0.2) is 18.2 Å². The van der Waals surface area contributed by atoms with Crippen molar-refractivity contribution in [3.05, 3.63) is 34.3 Å². The van der Waals surface area contributed by atoms with Crippen LogP contribution in [0.3, 0.4) is 0 Å². The zero-order valence-corrected chi connectivity index (χ0v) is 12.1. The van der Waals surface area contributed by atoms with Gasteiger partial charge in [-0.2, -0.15) is 0 Å². The highest BCUT2D eigenvalue weighted by atomic mass is 35.5. The Balaban J connectivity index is 2.97. The van der Waals surface area contributed by atoms with Gasteiger partial charge in [-0.3, -0.25) is 4.79 Å². The SMILES string of the molecule is CCN(CC(C)(C)O)C(=O)c1ccc(Cl)cc1C. The summed E-state index contributed by atoms with van der Waals surface area (Å²) in [5, 5.41) is 10.4. The Morgan fingerprint density at radius 1 is 1.44 bits per heavy atom. The molecule has 0 heterocycles. The second-order valence-electron chi connectivity index (χ2n) is 5.09. The summed E-state index contributed by atoms with van der Waals surface area (Å²) < 4.78 is 0. The summed E-state index contributed by atoms with van der Waals surface area (Å²) in [4.78, 5) is 14.0. The Morgan fingerprint density at radius 3 is 2.50 bits per heavy atom. The van der Waals surface area contributed by atoms with Crippen molar-refractivity contribution in [2.45, 2.75) is 33.3 Å². The number of halogens is 1. The third-order valence-electron chi connectivity index (χ3n) is 2.67. The standard InChI is InChI=1S/C14H20ClNO2/c1-5-16(9-14(3,4)18)13(17)12-7-6-11(15)8-10(12)2/h6-8,18H,5,9H2,1-4H3. The van der Waals surface area contributed by atoms with E-state index in [2.05, 4.69) is 0 Å². The van der Waals surface area contributed by atoms with Gasteiger partial charge in [0, 0.05) is 23.7 Å². The second-order valence-corrected chi connectivity index (χ2v) is 5.53. The fraction of sp³-hybridized carbons (Fsp3) is 0.500. The van der Waals surface area contributed by atoms with Gasteiger partial charge in [-0.1, -0.05) is 11.6 Å². The van der Waals surface area contributed by atoms with Crippen molar-refractivity contribution >= 4 is 17.5 Å². The van der Waals surface area contributed by atoms with Crippen molar-refractivity contribution in [1.29, 1.82) is 0 Å². The van der Waals surface area contributed by atoms with Crippen molar-refractivity contribution in [1.82, 2.24) is 4.90 Å². The maximum Gasteiger partial charge on any atom is 0.254 e. The number of likely N-dealkylation sites (N-methyl/N-ethyl adjacent to an activating group) is 1. The lowest BCUT2D eigenvalue weighted by atomic mass is 10.1. The van der Waals surface area contributed by atoms with Crippen LogP contribution in [-0.4, -0.2) is 34.6 Å². The van der Waals surface area contributed by atoms with Gasteiger partial charge in [0.05, 0.1) is 5.60 Å². The number of aliphatic hydroxyl groups is 1. The van der Waals surface area contributed by atoms with Crippen LogP contribution >= 0.6 is 11.6 Å². The number of carbonyl (C=O) groups excluding carboxylic acids is 1. The maximum atomic E-state index is 12.4. The molecule has 0 spiro atoms. The van der Waals surface area contributed by atoms with Crippen molar-refractivity contribution in [3.8, 4) is 0 Å². The van der Waals surface area contributed by atoms with Crippen LogP contribution in [0.2, 0.25) is 5.02 Å². The lowest BCUT2D eigenvalue weighted by Gasteiger charge is -2.28. The molecule has 0 bridgehead atoms. The fourth-order valence-corrected chi connectivity index (χ4v) is 2.06. The number of carbonyl (C=O) groups is 1. The van der Waals surface area contributed by atoms with Crippen molar-refractivity contribution in [2.75, 3.05) is 13.1 Å². The van der Waals surface area contributed by atoms with Crippen LogP contribution in [0.4, 0.5) is 0 Å². The molecule has 0 aliphatic carbocycles. The Bertz CT molecular complexity index is 438. The highest BCUT2D eigenvalue weighted by molar-refractivity contribution is 6.30. The van der Waals surface area contributed by atoms with Gasteiger partial charge in [0.15, 0.2) is 0 Å². The molecule has 0 aliphatic heterocycles. The van der Waals surface area contributed by atoms with E-state index in [1.54, 1.807) is 36.9 Å². The molecule has 0 unspecified atom stereocenters. The average Bonchev–Trinajstić information content (AvgIpc) is 2.24. The molecular formula is C14H20ClNO2. The molecule has 0 radical (unpaired) electrons. The zero-order chi connectivity index (χ0) is 13.9. The molecule has 1 amide bonds. The first kappa shape index (κ1) is 15.0. The van der Waals surface area contributed by atoms with Gasteiger partial charge in [-0.05, 0) is 51.5 Å². The summed E-state index contributed by atoms with van der Waals surface area (Å²) in [6.07, 6.45) is 0. The maximum absolute atomic E-state index is 12.4. The van der Waals surface area contributed by atoms with Crippen molar-refractivity contribution < 1.29 is 9.90 Å². The highest BCUT2D eigenvalue weighted by Crippen LogP contribution is 2.18. The first-order valence-corrected chi connectivity index (χ1v) is 6.40. The molecule has 0 aliphatic rings. The number of nitrogens with zero attached hydrogens (tertiary/aromatic N) is 1. The molecule has 3 nitrogen and oxygen atoms in total. The lowest BCUT2D eigenvalue weighted by Crippen LogP contribution is -2.42. The Morgan fingerprint density at radius 2 is 2.06 bits per heavy atom. The number of aryl methyl sites for hydroxylation is 1. The fourth-order valence-electron chi connectivity index (χ4n) is 1.83. The smallest absolute Gasteiger partial charge is 0.254 e. The van der Waals surface area contributed by atoms with Crippen LogP contribution in [-0.2, 0) is 0 Å². The molecule has 1 N–H and O–H groups in total. The quantitative estimate of drug-likeness (QED) is 0.913. The summed E-state index contributed by atoms with van der Waals surface area (Å²) in [7, 11) is 0. The van der Waals surface area contributed by atoms with E-state index in [1.807, 2.05) is 13.8 Å². The molecule has 0 atom stereocenters. The number of hydrogen-bond acceptors (Lipinski definition) is 2. The number of benzene rings is 1. The molecule has 1 aromatic carbocycles. The minimum Gasteiger partial charge on any atom is -0.389 e. The average molecular weight is 270 g/mol. The van der Waals surface area contributed by atoms with Crippen LogP contribution < -0.4 is 0 Å². The first-order valence-electron chi connectivity index (χ1n) is 6.02. The predicted molar refractivity (Wildman–Crippen MR) is 74.1 cm³/mol. The molecule has 0 saturated carbocycles. The molecule has 1 rings (SSSR count). The van der Waals surface area contributed by atoms with Gasteiger partial charge in [-0.15, -0.1) is 0 Å².